The standard InChI is InChI=1S/C72H129N2O6P/c1-6-8-10-12-14-16-18-20-22-24-26-28-30-32-34-35-36-37-38-40-41-43-45-47-49-51-53-55-57-59-61-63-65-71(75)70(69-80-81(77,78)79-68-67-74(3,4)5)73-72(76)66-64-62-60-58-56-54-52-50-48-46-44-42-39-33-31-29-27-25-23-21-19-17-15-13-11-9-7-2/h9,11,15,17,21,23,27,29,33,39,44,46,50,52,56,58,63,65,70-71,75H,6-8,10,12-14,16,18-20,22,24-26,28,30-32,34-38,40-43,45,47-49,51,53-55,57,59-62,64,66-69H2,1-5H3,(H-,73,76,77,78)/p+1/b11-9-,17-15-,23-21-,29-27-,39-33-,46-44-,52-50-,58-56-,65-63+. The number of nitrogens with one attached hydrogen (secondary N) is 1. The Labute approximate surface area is 501 Å². The lowest BCUT2D eigenvalue weighted by molar-refractivity contribution is -0.870. The molecule has 1 amide bonds. The minimum atomic E-state index is -4.37. The first-order chi connectivity index (χ1) is 39.5. The van der Waals surface area contributed by atoms with Gasteiger partial charge in [-0.05, 0) is 83.5 Å². The quantitative estimate of drug-likeness (QED) is 0.0243. The highest BCUT2D eigenvalue weighted by atomic mass is 31.2. The van der Waals surface area contributed by atoms with E-state index in [2.05, 4.69) is 116 Å². The molecule has 0 rings (SSSR count). The molecule has 0 saturated carbocycles. The van der Waals surface area contributed by atoms with Crippen LogP contribution in [0.1, 0.15) is 290 Å². The Morgan fingerprint density at radius 1 is 0.432 bits per heavy atom. The van der Waals surface area contributed by atoms with Gasteiger partial charge >= 0.3 is 7.82 Å². The van der Waals surface area contributed by atoms with Crippen LogP contribution in [0.25, 0.3) is 0 Å². The number of carbonyl (C=O) groups is 1. The number of amides is 1. The second-order valence-electron chi connectivity index (χ2n) is 23.8. The SMILES string of the molecule is CC/C=C\C/C=C\C/C=C\C/C=C\C/C=C\C/C=C\C/C=C\C/C=C\CCCCC(=O)NC(COP(=O)(O)OCC[N+](C)(C)C)C(O)/C=C/CCCCCCCCCCCCCCCCCCCCCCCCCCCCCCCC. The number of phosphoric acid groups is 1. The Bertz CT molecular complexity index is 1690. The van der Waals surface area contributed by atoms with Crippen molar-refractivity contribution in [2.24, 2.45) is 0 Å². The Morgan fingerprint density at radius 2 is 0.741 bits per heavy atom. The van der Waals surface area contributed by atoms with Gasteiger partial charge in [-0.25, -0.2) is 4.57 Å². The van der Waals surface area contributed by atoms with E-state index < -0.39 is 20.0 Å². The van der Waals surface area contributed by atoms with Crippen LogP contribution in [-0.4, -0.2) is 73.4 Å². The van der Waals surface area contributed by atoms with Crippen LogP contribution in [-0.2, 0) is 18.4 Å². The summed E-state index contributed by atoms with van der Waals surface area (Å²) in [5.74, 6) is -0.220. The molecule has 0 aromatic rings. The fraction of sp³-hybridized carbons (Fsp3) is 0.736. The fourth-order valence-corrected chi connectivity index (χ4v) is 10.3. The van der Waals surface area contributed by atoms with Crippen LogP contribution in [0.15, 0.2) is 109 Å². The number of unbranched alkanes of at least 4 members (excludes halogenated alkanes) is 32. The molecule has 0 heterocycles. The average molecular weight is 1150 g/mol. The molecule has 0 aliphatic carbocycles. The summed E-state index contributed by atoms with van der Waals surface area (Å²) in [4.78, 5) is 23.4. The van der Waals surface area contributed by atoms with E-state index in [0.717, 1.165) is 83.5 Å². The molecule has 3 unspecified atom stereocenters. The van der Waals surface area contributed by atoms with Crippen LogP contribution in [0.5, 0.6) is 0 Å². The maximum absolute atomic E-state index is 13.0. The summed E-state index contributed by atoms with van der Waals surface area (Å²) >= 11 is 0. The van der Waals surface area contributed by atoms with E-state index in [0.29, 0.717) is 23.9 Å². The molecule has 0 aliphatic rings. The van der Waals surface area contributed by atoms with Crippen LogP contribution < -0.4 is 5.32 Å². The Kier molecular flexibility index (Phi) is 59.5. The van der Waals surface area contributed by atoms with Gasteiger partial charge in [0.05, 0.1) is 39.9 Å². The van der Waals surface area contributed by atoms with Gasteiger partial charge in [-0.2, -0.15) is 0 Å². The summed E-state index contributed by atoms with van der Waals surface area (Å²) in [5.41, 5.74) is 0. The van der Waals surface area contributed by atoms with Gasteiger partial charge in [-0.1, -0.05) is 309 Å². The molecular formula is C72H130N2O6P+. The highest BCUT2D eigenvalue weighted by Gasteiger charge is 2.28. The van der Waals surface area contributed by atoms with Gasteiger partial charge in [0.25, 0.3) is 0 Å². The fourth-order valence-electron chi connectivity index (χ4n) is 9.53. The smallest absolute Gasteiger partial charge is 0.387 e. The zero-order chi connectivity index (χ0) is 59.1. The van der Waals surface area contributed by atoms with Crippen molar-refractivity contribution in [1.29, 1.82) is 0 Å². The second-order valence-corrected chi connectivity index (χ2v) is 25.3. The van der Waals surface area contributed by atoms with Gasteiger partial charge in [-0.15, -0.1) is 0 Å². The molecule has 468 valence electrons. The van der Waals surface area contributed by atoms with Crippen molar-refractivity contribution < 1.29 is 32.9 Å². The molecule has 0 aliphatic heterocycles. The normalized spacial score (nSPS) is 14.4. The van der Waals surface area contributed by atoms with Gasteiger partial charge in [-0.3, -0.25) is 13.8 Å². The molecule has 0 spiro atoms. The number of quaternary nitrogens is 1. The summed E-state index contributed by atoms with van der Waals surface area (Å²) < 4.78 is 23.8. The second kappa shape index (κ2) is 61.7. The molecule has 0 saturated heterocycles. The number of hydrogen-bond acceptors (Lipinski definition) is 5. The van der Waals surface area contributed by atoms with E-state index in [1.165, 1.54) is 180 Å². The lowest BCUT2D eigenvalue weighted by Crippen LogP contribution is -2.45. The number of phosphoric ester groups is 1. The third-order valence-electron chi connectivity index (χ3n) is 14.7. The summed E-state index contributed by atoms with van der Waals surface area (Å²) in [6, 6.07) is -0.880. The average Bonchev–Trinajstić information content (AvgIpc) is 3.43. The van der Waals surface area contributed by atoms with Gasteiger partial charge in [0.1, 0.15) is 13.2 Å². The summed E-state index contributed by atoms with van der Waals surface area (Å²) in [7, 11) is 1.53. The van der Waals surface area contributed by atoms with Crippen molar-refractivity contribution in [3.8, 4) is 0 Å². The van der Waals surface area contributed by atoms with E-state index in [1.54, 1.807) is 6.08 Å². The van der Waals surface area contributed by atoms with Crippen LogP contribution in [0.2, 0.25) is 0 Å². The van der Waals surface area contributed by atoms with Crippen LogP contribution >= 0.6 is 7.82 Å². The zero-order valence-electron chi connectivity index (χ0n) is 53.5. The van der Waals surface area contributed by atoms with Crippen molar-refractivity contribution in [1.82, 2.24) is 5.32 Å². The van der Waals surface area contributed by atoms with Crippen LogP contribution in [0.3, 0.4) is 0 Å². The molecule has 0 aromatic carbocycles. The lowest BCUT2D eigenvalue weighted by atomic mass is 10.0. The van der Waals surface area contributed by atoms with Gasteiger partial charge in [0.15, 0.2) is 0 Å². The van der Waals surface area contributed by atoms with E-state index in [1.807, 2.05) is 27.2 Å². The van der Waals surface area contributed by atoms with E-state index in [9.17, 15) is 19.4 Å². The predicted octanol–water partition coefficient (Wildman–Crippen LogP) is 21.5. The molecule has 8 nitrogen and oxygen atoms in total. The van der Waals surface area contributed by atoms with Crippen LogP contribution in [0.4, 0.5) is 0 Å². The number of nitrogens with zero attached hydrogens (tertiary/aromatic N) is 1. The summed E-state index contributed by atoms with van der Waals surface area (Å²) in [5, 5.41) is 14.0. The van der Waals surface area contributed by atoms with Crippen LogP contribution in [0, 0.1) is 0 Å². The highest BCUT2D eigenvalue weighted by molar-refractivity contribution is 7.47. The summed E-state index contributed by atoms with van der Waals surface area (Å²) in [6.45, 7) is 4.69. The number of likely N-dealkylation sites (N-methyl/N-ethyl adjacent to an activating group) is 1. The predicted molar refractivity (Wildman–Crippen MR) is 355 cm³/mol. The lowest BCUT2D eigenvalue weighted by Gasteiger charge is -2.25. The maximum atomic E-state index is 13.0. The van der Waals surface area contributed by atoms with Crippen molar-refractivity contribution in [2.75, 3.05) is 40.9 Å². The highest BCUT2D eigenvalue weighted by Crippen LogP contribution is 2.43. The molecule has 9 heteroatoms. The molecule has 0 aromatic heterocycles. The van der Waals surface area contributed by atoms with E-state index >= 15 is 0 Å². The zero-order valence-corrected chi connectivity index (χ0v) is 54.4. The first-order valence-corrected chi connectivity index (χ1v) is 35.3. The number of carbonyl (C=O) groups excluding carboxylic acids is 1. The number of aliphatic hydroxyl groups excluding tert-OH is 1. The third-order valence-corrected chi connectivity index (χ3v) is 15.7. The number of rotatable bonds is 61. The number of allylic oxidation sites excluding steroid dienone is 17. The molecule has 0 bridgehead atoms. The van der Waals surface area contributed by atoms with Crippen molar-refractivity contribution >= 4 is 13.7 Å². The van der Waals surface area contributed by atoms with Gasteiger partial charge in [0, 0.05) is 6.42 Å². The van der Waals surface area contributed by atoms with E-state index in [4.69, 9.17) is 9.05 Å². The first kappa shape index (κ1) is 78.2. The van der Waals surface area contributed by atoms with Crippen molar-refractivity contribution in [3.63, 3.8) is 0 Å². The monoisotopic (exact) mass is 1150 g/mol. The Morgan fingerprint density at radius 3 is 1.09 bits per heavy atom. The number of aliphatic hydroxyl groups is 1. The Hall–Kier alpha value is -2.84. The largest absolute Gasteiger partial charge is 0.472 e. The van der Waals surface area contributed by atoms with Gasteiger partial charge < -0.3 is 19.8 Å². The molecule has 3 atom stereocenters. The Balaban J connectivity index is 4.20. The van der Waals surface area contributed by atoms with Crippen molar-refractivity contribution in [3.05, 3.63) is 109 Å². The third kappa shape index (κ3) is 64.6. The summed E-state index contributed by atoms with van der Waals surface area (Å²) in [6.07, 6.45) is 90.9. The molecule has 81 heavy (non-hydrogen) atoms. The molecular weight excluding hydrogens is 1020 g/mol. The van der Waals surface area contributed by atoms with Crippen molar-refractivity contribution in [2.45, 2.75) is 302 Å². The molecule has 0 radical (unpaired) electrons. The minimum Gasteiger partial charge on any atom is -0.387 e. The van der Waals surface area contributed by atoms with Gasteiger partial charge in [0.2, 0.25) is 5.91 Å². The molecule has 0 fully saturated rings. The topological polar surface area (TPSA) is 105 Å². The maximum Gasteiger partial charge on any atom is 0.472 e. The first-order valence-electron chi connectivity index (χ1n) is 33.8. The van der Waals surface area contributed by atoms with E-state index in [-0.39, 0.29) is 19.1 Å². The number of hydrogen-bond donors (Lipinski definition) is 3. The molecule has 3 N–H and O–H groups in total. The minimum absolute atomic E-state index is 0.0471.